The van der Waals surface area contributed by atoms with E-state index in [9.17, 15) is 0 Å². The van der Waals surface area contributed by atoms with Crippen molar-refractivity contribution in [1.29, 1.82) is 0 Å². The molecule has 0 radical (unpaired) electrons. The topological polar surface area (TPSA) is 36.1 Å². The first-order chi connectivity index (χ1) is 4.18. The van der Waals surface area contributed by atoms with Crippen molar-refractivity contribution in [2.75, 3.05) is 0 Å². The van der Waals surface area contributed by atoms with Crippen molar-refractivity contribution in [2.45, 2.75) is 24.3 Å². The molecule has 1 rings (SSSR count). The Hall–Kier alpha value is 0.460. The van der Waals surface area contributed by atoms with Crippen molar-refractivity contribution in [3.8, 4) is 0 Å². The van der Waals surface area contributed by atoms with Crippen LogP contribution in [0, 0.1) is 0 Å². The molecule has 54 valence electrons. The summed E-state index contributed by atoms with van der Waals surface area (Å²) < 4.78 is 0. The van der Waals surface area contributed by atoms with Crippen molar-refractivity contribution >= 4 is 23.2 Å². The lowest BCUT2D eigenvalue weighted by molar-refractivity contribution is 0.307. The van der Waals surface area contributed by atoms with Crippen molar-refractivity contribution in [1.82, 2.24) is 16.0 Å². The third-order valence-electron chi connectivity index (χ3n) is 1.09. The molecule has 1 aliphatic rings. The van der Waals surface area contributed by atoms with E-state index in [1.165, 1.54) is 0 Å². The van der Waals surface area contributed by atoms with Crippen LogP contribution in [0.4, 0.5) is 0 Å². The Bertz CT molecular complexity index is 74.8. The van der Waals surface area contributed by atoms with Gasteiger partial charge in [-0.25, -0.2) is 0 Å². The minimum absolute atomic E-state index is 0.163. The average Bonchev–Trinajstić information content (AvgIpc) is 1.59. The molecule has 0 bridgehead atoms. The van der Waals surface area contributed by atoms with E-state index in [1.54, 1.807) is 0 Å². The van der Waals surface area contributed by atoms with E-state index in [0.29, 0.717) is 0 Å². The predicted octanol–water partition coefficient (Wildman–Crippen LogP) is 0.160. The molecule has 0 aromatic carbocycles. The van der Waals surface area contributed by atoms with Crippen LogP contribution >= 0.6 is 23.2 Å². The van der Waals surface area contributed by atoms with Crippen LogP contribution in [-0.2, 0) is 0 Å². The summed E-state index contributed by atoms with van der Waals surface area (Å²) in [5.74, 6) is 0. The van der Waals surface area contributed by atoms with E-state index in [4.69, 9.17) is 23.2 Å². The highest BCUT2D eigenvalue weighted by molar-refractivity contribution is 6.23. The van der Waals surface area contributed by atoms with Gasteiger partial charge in [0.1, 0.15) is 11.2 Å². The second-order valence-electron chi connectivity index (χ2n) is 1.95. The van der Waals surface area contributed by atoms with Gasteiger partial charge in [-0.1, -0.05) is 23.2 Å². The van der Waals surface area contributed by atoms with E-state index < -0.39 is 0 Å². The smallest absolute Gasteiger partial charge is 0.138 e. The molecule has 0 aliphatic carbocycles. The molecule has 3 N–H and O–H groups in total. The summed E-state index contributed by atoms with van der Waals surface area (Å²) in [6.45, 7) is 1.95. The quantitative estimate of drug-likeness (QED) is 0.358. The molecule has 9 heavy (non-hydrogen) atoms. The summed E-state index contributed by atoms with van der Waals surface area (Å²) in [6, 6.07) is 0. The monoisotopic (exact) mass is 169 g/mol. The Balaban J connectivity index is 2.34. The van der Waals surface area contributed by atoms with Gasteiger partial charge in [0.2, 0.25) is 0 Å². The average molecular weight is 170 g/mol. The minimum atomic E-state index is -0.233. The van der Waals surface area contributed by atoms with Crippen LogP contribution in [0.2, 0.25) is 0 Å². The van der Waals surface area contributed by atoms with Crippen LogP contribution in [0.1, 0.15) is 6.92 Å². The maximum Gasteiger partial charge on any atom is 0.138 e. The second-order valence-corrected chi connectivity index (χ2v) is 2.82. The molecule has 2 unspecified atom stereocenters. The number of nitrogens with one attached hydrogen (secondary N) is 3. The lowest BCUT2D eigenvalue weighted by Crippen LogP contribution is -2.62. The minimum Gasteiger partial charge on any atom is -0.274 e. The number of rotatable bonds is 0. The van der Waals surface area contributed by atoms with Crippen LogP contribution < -0.4 is 16.0 Å². The Morgan fingerprint density at radius 2 is 1.44 bits per heavy atom. The maximum absolute atomic E-state index is 5.66. The molecule has 5 heteroatoms. The number of hydrogen-bond donors (Lipinski definition) is 3. The van der Waals surface area contributed by atoms with Gasteiger partial charge >= 0.3 is 0 Å². The van der Waals surface area contributed by atoms with Crippen LogP contribution in [0.3, 0.4) is 0 Å². The summed E-state index contributed by atoms with van der Waals surface area (Å²) in [6.07, 6.45) is 0.163. The van der Waals surface area contributed by atoms with Crippen molar-refractivity contribution < 1.29 is 0 Å². The van der Waals surface area contributed by atoms with Crippen LogP contribution in [0.25, 0.3) is 0 Å². The molecule has 1 saturated heterocycles. The van der Waals surface area contributed by atoms with Crippen LogP contribution in [-0.4, -0.2) is 17.4 Å². The highest BCUT2D eigenvalue weighted by Gasteiger charge is 2.19. The van der Waals surface area contributed by atoms with Crippen LogP contribution in [0.15, 0.2) is 0 Å². The zero-order valence-electron chi connectivity index (χ0n) is 4.99. The number of halogens is 2. The van der Waals surface area contributed by atoms with E-state index in [1.807, 2.05) is 6.92 Å². The van der Waals surface area contributed by atoms with E-state index in [-0.39, 0.29) is 17.4 Å². The largest absolute Gasteiger partial charge is 0.274 e. The molecule has 3 nitrogen and oxygen atoms in total. The molecule has 0 aromatic rings. The highest BCUT2D eigenvalue weighted by Crippen LogP contribution is 1.99. The molecular formula is C4H9Cl2N3. The van der Waals surface area contributed by atoms with Gasteiger partial charge in [0, 0.05) is 0 Å². The van der Waals surface area contributed by atoms with E-state index >= 15 is 0 Å². The Morgan fingerprint density at radius 1 is 1.00 bits per heavy atom. The number of alkyl halides is 2. The van der Waals surface area contributed by atoms with Gasteiger partial charge in [-0.15, -0.1) is 0 Å². The van der Waals surface area contributed by atoms with Crippen molar-refractivity contribution in [3.05, 3.63) is 0 Å². The zero-order valence-corrected chi connectivity index (χ0v) is 6.50. The normalized spacial score (nSPS) is 45.0. The third kappa shape index (κ3) is 2.27. The summed E-state index contributed by atoms with van der Waals surface area (Å²) >= 11 is 11.3. The Kier molecular flexibility index (Phi) is 2.55. The molecule has 0 saturated carbocycles. The molecule has 1 fully saturated rings. The number of hydrogen-bond acceptors (Lipinski definition) is 3. The SMILES string of the molecule is CC1NC(Cl)NC(Cl)N1. The van der Waals surface area contributed by atoms with Gasteiger partial charge in [0.05, 0.1) is 6.17 Å². The first-order valence-corrected chi connectivity index (χ1v) is 3.62. The van der Waals surface area contributed by atoms with Crippen LogP contribution in [0.5, 0.6) is 0 Å². The maximum atomic E-state index is 5.66. The van der Waals surface area contributed by atoms with E-state index in [2.05, 4.69) is 16.0 Å². The van der Waals surface area contributed by atoms with Gasteiger partial charge in [0.15, 0.2) is 0 Å². The molecule has 0 spiro atoms. The summed E-state index contributed by atoms with van der Waals surface area (Å²) in [5.41, 5.74) is -0.465. The van der Waals surface area contributed by atoms with Crippen molar-refractivity contribution in [3.63, 3.8) is 0 Å². The van der Waals surface area contributed by atoms with Gasteiger partial charge in [-0.3, -0.25) is 16.0 Å². The van der Waals surface area contributed by atoms with Gasteiger partial charge in [-0.2, -0.15) is 0 Å². The highest BCUT2D eigenvalue weighted by atomic mass is 35.5. The Morgan fingerprint density at radius 3 is 1.78 bits per heavy atom. The molecule has 2 atom stereocenters. The van der Waals surface area contributed by atoms with Gasteiger partial charge in [-0.05, 0) is 6.92 Å². The second kappa shape index (κ2) is 3.03. The molecular weight excluding hydrogens is 161 g/mol. The lowest BCUT2D eigenvalue weighted by atomic mass is 10.5. The molecule has 1 heterocycles. The van der Waals surface area contributed by atoms with Crippen molar-refractivity contribution in [2.24, 2.45) is 0 Å². The fraction of sp³-hybridized carbons (Fsp3) is 1.00. The summed E-state index contributed by atoms with van der Waals surface area (Å²) in [4.78, 5) is 0. The molecule has 0 aromatic heterocycles. The van der Waals surface area contributed by atoms with Gasteiger partial charge in [0.25, 0.3) is 0 Å². The predicted molar refractivity (Wildman–Crippen MR) is 38.2 cm³/mol. The first kappa shape index (κ1) is 7.57. The fourth-order valence-corrected chi connectivity index (χ4v) is 1.41. The third-order valence-corrected chi connectivity index (χ3v) is 1.59. The zero-order chi connectivity index (χ0) is 6.85. The fourth-order valence-electron chi connectivity index (χ4n) is 0.712. The van der Waals surface area contributed by atoms with Gasteiger partial charge < -0.3 is 0 Å². The summed E-state index contributed by atoms with van der Waals surface area (Å²) in [7, 11) is 0. The first-order valence-electron chi connectivity index (χ1n) is 2.75. The lowest BCUT2D eigenvalue weighted by Gasteiger charge is -2.30. The Labute approximate surface area is 64.1 Å². The standard InChI is InChI=1S/C4H9Cl2N3/c1-2-7-3(5)9-4(6)8-2/h2-4,7-9H,1H3. The summed E-state index contributed by atoms with van der Waals surface area (Å²) in [5, 5.41) is 8.75. The van der Waals surface area contributed by atoms with E-state index in [0.717, 1.165) is 0 Å². The molecule has 1 aliphatic heterocycles. The molecule has 0 amide bonds.